The number of primary amides is 1. The number of benzene rings is 1. The van der Waals surface area contributed by atoms with Crippen molar-refractivity contribution in [3.8, 4) is 0 Å². The van der Waals surface area contributed by atoms with E-state index in [4.69, 9.17) is 5.73 Å². The number of carbonyl (C=O) groups is 2. The van der Waals surface area contributed by atoms with Gasteiger partial charge in [0.25, 0.3) is 0 Å². The van der Waals surface area contributed by atoms with Gasteiger partial charge in [0.15, 0.2) is 0 Å². The van der Waals surface area contributed by atoms with Gasteiger partial charge >= 0.3 is 12.1 Å². The molecule has 0 saturated carbocycles. The van der Waals surface area contributed by atoms with Crippen LogP contribution in [0.25, 0.3) is 0 Å². The molecule has 0 aliphatic heterocycles. The van der Waals surface area contributed by atoms with Crippen molar-refractivity contribution in [2.75, 3.05) is 11.9 Å². The molecule has 18 heavy (non-hydrogen) atoms. The van der Waals surface area contributed by atoms with E-state index in [0.29, 0.717) is 12.2 Å². The number of nitrogens with two attached hydrogens (primary N) is 1. The molecule has 3 N–H and O–H groups in total. The summed E-state index contributed by atoms with van der Waals surface area (Å²) in [5.74, 6) is 0.167. The topological polar surface area (TPSA) is 75.4 Å². The summed E-state index contributed by atoms with van der Waals surface area (Å²) in [5, 5.41) is 2.68. The maximum Gasteiger partial charge on any atom is 0.329 e. The van der Waals surface area contributed by atoms with E-state index in [0.717, 1.165) is 10.5 Å². The van der Waals surface area contributed by atoms with E-state index in [-0.39, 0.29) is 5.92 Å². The van der Waals surface area contributed by atoms with E-state index in [9.17, 15) is 9.59 Å². The Bertz CT molecular complexity index is 444. The monoisotopic (exact) mass is 249 g/mol. The Labute approximate surface area is 107 Å². The lowest BCUT2D eigenvalue weighted by Crippen LogP contribution is -2.45. The fourth-order valence-electron chi connectivity index (χ4n) is 1.53. The Balaban J connectivity index is 2.79. The molecule has 1 aromatic carbocycles. The standard InChI is InChI=1S/C13H19N3O2/c1-9(2)8-16(12(14)17)13(18)15-11-7-5-4-6-10(11)3/h4-7,9H,8H2,1-3H3,(H2,14,17)(H,15,18). The third kappa shape index (κ3) is 3.76. The molecule has 1 rings (SSSR count). The molecule has 5 nitrogen and oxygen atoms in total. The lowest BCUT2D eigenvalue weighted by molar-refractivity contribution is 0.195. The summed E-state index contributed by atoms with van der Waals surface area (Å²) in [6.45, 7) is 6.01. The molecule has 0 aliphatic rings. The van der Waals surface area contributed by atoms with Crippen molar-refractivity contribution in [1.82, 2.24) is 4.90 Å². The number of amides is 4. The zero-order valence-electron chi connectivity index (χ0n) is 10.9. The number of nitrogens with one attached hydrogen (secondary N) is 1. The normalized spacial score (nSPS) is 10.2. The van der Waals surface area contributed by atoms with Gasteiger partial charge in [0.1, 0.15) is 0 Å². The van der Waals surface area contributed by atoms with Gasteiger partial charge in [-0.15, -0.1) is 0 Å². The maximum atomic E-state index is 12.0. The van der Waals surface area contributed by atoms with Crippen molar-refractivity contribution in [2.45, 2.75) is 20.8 Å². The van der Waals surface area contributed by atoms with Crippen LogP contribution in [0.2, 0.25) is 0 Å². The first-order chi connectivity index (χ1) is 8.41. The van der Waals surface area contributed by atoms with Gasteiger partial charge in [-0.05, 0) is 24.5 Å². The van der Waals surface area contributed by atoms with Gasteiger partial charge in [-0.3, -0.25) is 0 Å². The van der Waals surface area contributed by atoms with Crippen molar-refractivity contribution < 1.29 is 9.59 Å². The third-order valence-corrected chi connectivity index (χ3v) is 2.45. The average molecular weight is 249 g/mol. The van der Waals surface area contributed by atoms with E-state index in [1.165, 1.54) is 0 Å². The maximum absolute atomic E-state index is 12.0. The van der Waals surface area contributed by atoms with Crippen LogP contribution in [0.3, 0.4) is 0 Å². The van der Waals surface area contributed by atoms with Crippen molar-refractivity contribution in [3.05, 3.63) is 29.8 Å². The fraction of sp³-hybridized carbons (Fsp3) is 0.385. The third-order valence-electron chi connectivity index (χ3n) is 2.45. The smallest absolute Gasteiger partial charge is 0.329 e. The number of aryl methyl sites for hydroxylation is 1. The van der Waals surface area contributed by atoms with E-state index < -0.39 is 12.1 Å². The van der Waals surface area contributed by atoms with Crippen molar-refractivity contribution in [1.29, 1.82) is 0 Å². The summed E-state index contributed by atoms with van der Waals surface area (Å²) in [6.07, 6.45) is 0. The fourth-order valence-corrected chi connectivity index (χ4v) is 1.53. The van der Waals surface area contributed by atoms with Crippen molar-refractivity contribution >= 4 is 17.7 Å². The number of hydrogen-bond acceptors (Lipinski definition) is 2. The predicted octanol–water partition coefficient (Wildman–Crippen LogP) is 2.56. The van der Waals surface area contributed by atoms with Gasteiger partial charge in [0.05, 0.1) is 0 Å². The molecule has 0 unspecified atom stereocenters. The zero-order valence-corrected chi connectivity index (χ0v) is 10.9. The molecule has 0 fully saturated rings. The molecule has 0 aliphatic carbocycles. The summed E-state index contributed by atoms with van der Waals surface area (Å²) in [4.78, 5) is 24.2. The Morgan fingerprint density at radius 1 is 1.33 bits per heavy atom. The second-order valence-electron chi connectivity index (χ2n) is 4.59. The molecular weight excluding hydrogens is 230 g/mol. The van der Waals surface area contributed by atoms with Crippen LogP contribution in [0.5, 0.6) is 0 Å². The highest BCUT2D eigenvalue weighted by Gasteiger charge is 2.20. The molecule has 0 atom stereocenters. The van der Waals surface area contributed by atoms with E-state index >= 15 is 0 Å². The first kappa shape index (κ1) is 14.0. The molecule has 0 aromatic heterocycles. The quantitative estimate of drug-likeness (QED) is 0.863. The van der Waals surface area contributed by atoms with E-state index in [2.05, 4.69) is 5.32 Å². The predicted molar refractivity (Wildman–Crippen MR) is 71.3 cm³/mol. The first-order valence-electron chi connectivity index (χ1n) is 5.85. The van der Waals surface area contributed by atoms with Crippen LogP contribution < -0.4 is 11.1 Å². The summed E-state index contributed by atoms with van der Waals surface area (Å²) < 4.78 is 0. The highest BCUT2D eigenvalue weighted by atomic mass is 16.2. The van der Waals surface area contributed by atoms with Crippen LogP contribution in [0, 0.1) is 12.8 Å². The van der Waals surface area contributed by atoms with Gasteiger partial charge in [-0.1, -0.05) is 32.0 Å². The Morgan fingerprint density at radius 2 is 1.94 bits per heavy atom. The van der Waals surface area contributed by atoms with Crippen molar-refractivity contribution in [3.63, 3.8) is 0 Å². The minimum atomic E-state index is -0.741. The lowest BCUT2D eigenvalue weighted by Gasteiger charge is -2.21. The number of carbonyl (C=O) groups excluding carboxylic acids is 2. The molecule has 0 saturated heterocycles. The summed E-state index contributed by atoms with van der Waals surface area (Å²) in [7, 11) is 0. The second-order valence-corrected chi connectivity index (χ2v) is 4.59. The minimum absolute atomic E-state index is 0.167. The molecule has 0 bridgehead atoms. The lowest BCUT2D eigenvalue weighted by atomic mass is 10.2. The van der Waals surface area contributed by atoms with Gasteiger partial charge in [0, 0.05) is 12.2 Å². The Morgan fingerprint density at radius 3 is 2.44 bits per heavy atom. The SMILES string of the molecule is Cc1ccccc1NC(=O)N(CC(C)C)C(N)=O. The molecule has 1 aromatic rings. The van der Waals surface area contributed by atoms with Crippen LogP contribution >= 0.6 is 0 Å². The summed E-state index contributed by atoms with van der Waals surface area (Å²) in [6, 6.07) is 6.12. The molecule has 0 heterocycles. The van der Waals surface area contributed by atoms with Crippen LogP contribution in [0.15, 0.2) is 24.3 Å². The van der Waals surface area contributed by atoms with Crippen molar-refractivity contribution in [2.24, 2.45) is 11.7 Å². The minimum Gasteiger partial charge on any atom is -0.351 e. The summed E-state index contributed by atoms with van der Waals surface area (Å²) in [5.41, 5.74) is 6.81. The van der Waals surface area contributed by atoms with Gasteiger partial charge in [-0.25, -0.2) is 14.5 Å². The van der Waals surface area contributed by atoms with Gasteiger partial charge in [-0.2, -0.15) is 0 Å². The number of nitrogens with zero attached hydrogens (tertiary/aromatic N) is 1. The molecule has 0 radical (unpaired) electrons. The number of rotatable bonds is 3. The van der Waals surface area contributed by atoms with E-state index in [1.54, 1.807) is 6.07 Å². The van der Waals surface area contributed by atoms with Crippen LogP contribution in [0.4, 0.5) is 15.3 Å². The number of para-hydroxylation sites is 1. The first-order valence-corrected chi connectivity index (χ1v) is 5.85. The highest BCUT2D eigenvalue weighted by molar-refractivity contribution is 6.00. The number of anilines is 1. The number of hydrogen-bond donors (Lipinski definition) is 2. The Kier molecular flexibility index (Phi) is 4.71. The van der Waals surface area contributed by atoms with Crippen LogP contribution in [-0.2, 0) is 0 Å². The molecule has 5 heteroatoms. The molecular formula is C13H19N3O2. The largest absolute Gasteiger partial charge is 0.351 e. The summed E-state index contributed by atoms with van der Waals surface area (Å²) >= 11 is 0. The van der Waals surface area contributed by atoms with Crippen LogP contribution in [0.1, 0.15) is 19.4 Å². The average Bonchev–Trinajstić information content (AvgIpc) is 2.28. The van der Waals surface area contributed by atoms with E-state index in [1.807, 2.05) is 39.0 Å². The van der Waals surface area contributed by atoms with Gasteiger partial charge in [0.2, 0.25) is 0 Å². The number of urea groups is 2. The zero-order chi connectivity index (χ0) is 13.7. The molecule has 0 spiro atoms. The molecule has 4 amide bonds. The van der Waals surface area contributed by atoms with Gasteiger partial charge < -0.3 is 11.1 Å². The van der Waals surface area contributed by atoms with Crippen LogP contribution in [-0.4, -0.2) is 23.5 Å². The second kappa shape index (κ2) is 6.05. The molecule has 98 valence electrons. The Hall–Kier alpha value is -2.04. The highest BCUT2D eigenvalue weighted by Crippen LogP contribution is 2.14. The number of imide groups is 1.